The molecule has 0 unspecified atom stereocenters. The van der Waals surface area contributed by atoms with Gasteiger partial charge in [0, 0.05) is 41.8 Å². The molecule has 4 rings (SSSR count). The van der Waals surface area contributed by atoms with E-state index in [9.17, 15) is 14.4 Å². The minimum absolute atomic E-state index is 0.0498. The average Bonchev–Trinajstić information content (AvgIpc) is 3.45. The summed E-state index contributed by atoms with van der Waals surface area (Å²) in [6, 6.07) is 16.7. The van der Waals surface area contributed by atoms with E-state index >= 15 is 0 Å². The number of nitrogens with zero attached hydrogens (tertiary/aromatic N) is 1. The molecule has 0 aliphatic heterocycles. The van der Waals surface area contributed by atoms with Gasteiger partial charge in [-0.3, -0.25) is 14.4 Å². The van der Waals surface area contributed by atoms with Crippen molar-refractivity contribution in [3.8, 4) is 10.4 Å². The first-order valence-corrected chi connectivity index (χ1v) is 11.3. The molecule has 0 bridgehead atoms. The van der Waals surface area contributed by atoms with Crippen LogP contribution in [0.5, 0.6) is 0 Å². The van der Waals surface area contributed by atoms with Crippen LogP contribution in [0.25, 0.3) is 10.4 Å². The lowest BCUT2D eigenvalue weighted by molar-refractivity contribution is 0.0827. The molecule has 2 N–H and O–H groups in total. The van der Waals surface area contributed by atoms with Crippen LogP contribution in [0.1, 0.15) is 48.8 Å². The van der Waals surface area contributed by atoms with Gasteiger partial charge in [-0.25, -0.2) is 0 Å². The van der Waals surface area contributed by atoms with Crippen LogP contribution in [0.3, 0.4) is 0 Å². The maximum absolute atomic E-state index is 12.8. The Labute approximate surface area is 191 Å². The smallest absolute Gasteiger partial charge is 0.265 e. The molecule has 6 nitrogen and oxygen atoms in total. The quantitative estimate of drug-likeness (QED) is 0.581. The molecule has 1 heterocycles. The molecule has 1 aliphatic carbocycles. The number of rotatable bonds is 6. The van der Waals surface area contributed by atoms with E-state index in [4.69, 9.17) is 0 Å². The zero-order chi connectivity index (χ0) is 22.8. The lowest BCUT2D eigenvalue weighted by atomic mass is 10.1. The molecule has 164 valence electrons. The number of anilines is 1. The second-order valence-corrected chi connectivity index (χ2v) is 9.26. The van der Waals surface area contributed by atoms with Gasteiger partial charge in [-0.2, -0.15) is 0 Å². The third-order valence-electron chi connectivity index (χ3n) is 5.31. The molecule has 3 aromatic rings. The number of amides is 3. The van der Waals surface area contributed by atoms with E-state index < -0.39 is 0 Å². The molecule has 2 aromatic carbocycles. The van der Waals surface area contributed by atoms with Crippen LogP contribution >= 0.6 is 11.3 Å². The minimum atomic E-state index is -0.219. The molecule has 32 heavy (non-hydrogen) atoms. The highest BCUT2D eigenvalue weighted by Gasteiger charge is 2.24. The van der Waals surface area contributed by atoms with Gasteiger partial charge in [0.2, 0.25) is 0 Å². The van der Waals surface area contributed by atoms with Gasteiger partial charge in [-0.15, -0.1) is 11.3 Å². The lowest BCUT2D eigenvalue weighted by Gasteiger charge is -2.10. The van der Waals surface area contributed by atoms with Crippen molar-refractivity contribution < 1.29 is 14.4 Å². The van der Waals surface area contributed by atoms with E-state index in [1.807, 2.05) is 31.2 Å². The highest BCUT2D eigenvalue weighted by Crippen LogP contribution is 2.29. The van der Waals surface area contributed by atoms with Crippen molar-refractivity contribution in [1.82, 2.24) is 10.2 Å². The Morgan fingerprint density at radius 2 is 1.59 bits per heavy atom. The molecule has 1 aliphatic rings. The number of nitrogens with one attached hydrogen (secondary N) is 2. The summed E-state index contributed by atoms with van der Waals surface area (Å²) in [7, 11) is 3.44. The average molecular weight is 448 g/mol. The Kier molecular flexibility index (Phi) is 6.10. The summed E-state index contributed by atoms with van der Waals surface area (Å²) in [4.78, 5) is 40.3. The second kappa shape index (κ2) is 8.96. The SMILES string of the molecule is Cc1ccc(C(=O)NC2CC2)cc1NC(=O)c1ccc(-c2ccc(C(=O)N(C)C)cc2)s1. The summed E-state index contributed by atoms with van der Waals surface area (Å²) in [6.07, 6.45) is 2.05. The van der Waals surface area contributed by atoms with Crippen molar-refractivity contribution in [2.45, 2.75) is 25.8 Å². The molecule has 1 fully saturated rings. The number of hydrogen-bond acceptors (Lipinski definition) is 4. The third kappa shape index (κ3) is 4.89. The minimum Gasteiger partial charge on any atom is -0.349 e. The monoisotopic (exact) mass is 447 g/mol. The van der Waals surface area contributed by atoms with E-state index in [0.717, 1.165) is 28.8 Å². The second-order valence-electron chi connectivity index (χ2n) is 8.17. The van der Waals surface area contributed by atoms with Gasteiger partial charge >= 0.3 is 0 Å². The van der Waals surface area contributed by atoms with Crippen LogP contribution in [0, 0.1) is 6.92 Å². The fraction of sp³-hybridized carbons (Fsp3) is 0.240. The third-order valence-corrected chi connectivity index (χ3v) is 6.45. The van der Waals surface area contributed by atoms with Gasteiger partial charge in [-0.1, -0.05) is 18.2 Å². The van der Waals surface area contributed by atoms with Gasteiger partial charge in [0.1, 0.15) is 0 Å². The van der Waals surface area contributed by atoms with Crippen LogP contribution in [-0.4, -0.2) is 42.8 Å². The van der Waals surface area contributed by atoms with Crippen LogP contribution in [0.2, 0.25) is 0 Å². The van der Waals surface area contributed by atoms with Crippen molar-refractivity contribution >= 4 is 34.7 Å². The van der Waals surface area contributed by atoms with Crippen LogP contribution < -0.4 is 10.6 Å². The van der Waals surface area contributed by atoms with Crippen molar-refractivity contribution in [2.24, 2.45) is 0 Å². The van der Waals surface area contributed by atoms with E-state index in [1.54, 1.807) is 44.4 Å². The Morgan fingerprint density at radius 3 is 2.25 bits per heavy atom. The maximum Gasteiger partial charge on any atom is 0.265 e. The van der Waals surface area contributed by atoms with E-state index in [0.29, 0.717) is 21.7 Å². The maximum atomic E-state index is 12.8. The Hall–Kier alpha value is -3.45. The molecule has 0 radical (unpaired) electrons. The fourth-order valence-electron chi connectivity index (χ4n) is 3.23. The Bertz CT molecular complexity index is 1180. The van der Waals surface area contributed by atoms with E-state index in [-0.39, 0.29) is 23.8 Å². The van der Waals surface area contributed by atoms with Gasteiger partial charge in [-0.05, 0) is 67.3 Å². The van der Waals surface area contributed by atoms with Gasteiger partial charge in [0.05, 0.1) is 4.88 Å². The molecule has 0 atom stereocenters. The van der Waals surface area contributed by atoms with E-state index in [1.165, 1.54) is 16.2 Å². The first-order chi connectivity index (χ1) is 15.3. The zero-order valence-corrected chi connectivity index (χ0v) is 19.1. The summed E-state index contributed by atoms with van der Waals surface area (Å²) in [5, 5.41) is 5.90. The molecular weight excluding hydrogens is 422 g/mol. The van der Waals surface area contributed by atoms with Crippen molar-refractivity contribution in [1.29, 1.82) is 0 Å². The lowest BCUT2D eigenvalue weighted by Crippen LogP contribution is -2.25. The van der Waals surface area contributed by atoms with Crippen molar-refractivity contribution in [3.05, 3.63) is 76.2 Å². The molecular formula is C25H25N3O3S. The highest BCUT2D eigenvalue weighted by molar-refractivity contribution is 7.17. The zero-order valence-electron chi connectivity index (χ0n) is 18.3. The van der Waals surface area contributed by atoms with Crippen LogP contribution in [0.4, 0.5) is 5.69 Å². The van der Waals surface area contributed by atoms with Gasteiger partial charge < -0.3 is 15.5 Å². The van der Waals surface area contributed by atoms with Gasteiger partial charge in [0.25, 0.3) is 17.7 Å². The predicted octanol–water partition coefficient (Wildman–Crippen LogP) is 4.57. The first-order valence-electron chi connectivity index (χ1n) is 10.5. The molecule has 1 saturated carbocycles. The number of carbonyl (C=O) groups excluding carboxylic acids is 3. The Morgan fingerprint density at radius 1 is 0.906 bits per heavy atom. The topological polar surface area (TPSA) is 78.5 Å². The molecule has 7 heteroatoms. The largest absolute Gasteiger partial charge is 0.349 e. The van der Waals surface area contributed by atoms with Gasteiger partial charge in [0.15, 0.2) is 0 Å². The molecule has 1 aromatic heterocycles. The van der Waals surface area contributed by atoms with Crippen molar-refractivity contribution in [3.63, 3.8) is 0 Å². The first kappa shape index (κ1) is 21.8. The number of carbonyl (C=O) groups is 3. The summed E-state index contributed by atoms with van der Waals surface area (Å²) in [5.41, 5.74) is 3.62. The molecule has 0 saturated heterocycles. The number of hydrogen-bond donors (Lipinski definition) is 2. The van der Waals surface area contributed by atoms with Crippen LogP contribution in [-0.2, 0) is 0 Å². The molecule has 3 amide bonds. The number of thiophene rings is 1. The van der Waals surface area contributed by atoms with E-state index in [2.05, 4.69) is 10.6 Å². The molecule has 0 spiro atoms. The summed E-state index contributed by atoms with van der Waals surface area (Å²) >= 11 is 1.38. The highest BCUT2D eigenvalue weighted by atomic mass is 32.1. The van der Waals surface area contributed by atoms with Crippen LogP contribution in [0.15, 0.2) is 54.6 Å². The predicted molar refractivity (Wildman–Crippen MR) is 127 cm³/mol. The fourth-order valence-corrected chi connectivity index (χ4v) is 4.14. The number of benzene rings is 2. The number of aryl methyl sites for hydroxylation is 1. The summed E-state index contributed by atoms with van der Waals surface area (Å²) in [6.45, 7) is 1.90. The summed E-state index contributed by atoms with van der Waals surface area (Å²) < 4.78 is 0. The Balaban J connectivity index is 1.47. The van der Waals surface area contributed by atoms with Crippen molar-refractivity contribution in [2.75, 3.05) is 19.4 Å². The standard InChI is InChI=1S/C25H25N3O3S/c1-15-4-5-18(23(29)26-19-10-11-19)14-20(15)27-24(30)22-13-12-21(32-22)16-6-8-17(9-7-16)25(31)28(2)3/h4-9,12-14,19H,10-11H2,1-3H3,(H,26,29)(H,27,30). The normalized spacial score (nSPS) is 12.8. The summed E-state index contributed by atoms with van der Waals surface area (Å²) in [5.74, 6) is -0.382.